The van der Waals surface area contributed by atoms with Gasteiger partial charge in [-0.15, -0.1) is 11.8 Å². The second-order valence-corrected chi connectivity index (χ2v) is 5.03. The molecular formula is C12H19NS. The Hall–Kier alpha value is -0.470. The van der Waals surface area contributed by atoms with E-state index in [1.54, 1.807) is 11.8 Å². The van der Waals surface area contributed by atoms with Gasteiger partial charge in [-0.2, -0.15) is 0 Å². The van der Waals surface area contributed by atoms with Crippen LogP contribution in [-0.4, -0.2) is 19.8 Å². The van der Waals surface area contributed by atoms with Crippen LogP contribution in [0.1, 0.15) is 19.4 Å². The molecule has 1 nitrogen and oxygen atoms in total. The first-order valence-corrected chi connectivity index (χ1v) is 6.12. The molecule has 0 spiro atoms. The van der Waals surface area contributed by atoms with Crippen LogP contribution in [-0.2, 0) is 5.41 Å². The van der Waals surface area contributed by atoms with E-state index in [0.717, 1.165) is 6.54 Å². The molecule has 0 aromatic heterocycles. The fourth-order valence-corrected chi connectivity index (χ4v) is 2.05. The summed E-state index contributed by atoms with van der Waals surface area (Å²) in [5.74, 6) is 0. The van der Waals surface area contributed by atoms with Crippen molar-refractivity contribution in [2.75, 3.05) is 19.8 Å². The van der Waals surface area contributed by atoms with Gasteiger partial charge in [-0.3, -0.25) is 0 Å². The average Bonchev–Trinajstić information content (AvgIpc) is 2.18. The quantitative estimate of drug-likeness (QED) is 0.765. The zero-order valence-corrected chi connectivity index (χ0v) is 10.2. The number of thioether (sulfide) groups is 1. The first-order valence-electron chi connectivity index (χ1n) is 4.89. The van der Waals surface area contributed by atoms with E-state index >= 15 is 0 Å². The number of benzene rings is 1. The maximum Gasteiger partial charge on any atom is 0.00720 e. The summed E-state index contributed by atoms with van der Waals surface area (Å²) in [7, 11) is 2.00. The Morgan fingerprint density at radius 3 is 2.64 bits per heavy atom. The molecule has 14 heavy (non-hydrogen) atoms. The molecule has 0 saturated carbocycles. The summed E-state index contributed by atoms with van der Waals surface area (Å²) in [6, 6.07) is 8.78. The van der Waals surface area contributed by atoms with Crippen molar-refractivity contribution in [1.82, 2.24) is 5.32 Å². The monoisotopic (exact) mass is 209 g/mol. The van der Waals surface area contributed by atoms with Crippen molar-refractivity contribution in [2.24, 2.45) is 0 Å². The van der Waals surface area contributed by atoms with E-state index in [9.17, 15) is 0 Å². The highest BCUT2D eigenvalue weighted by molar-refractivity contribution is 7.98. The lowest BCUT2D eigenvalue weighted by Crippen LogP contribution is -2.30. The Bertz CT molecular complexity index is 294. The van der Waals surface area contributed by atoms with Crippen LogP contribution in [0.15, 0.2) is 29.2 Å². The molecule has 0 bridgehead atoms. The molecule has 0 radical (unpaired) electrons. The third kappa shape index (κ3) is 2.76. The summed E-state index contributed by atoms with van der Waals surface area (Å²) in [5.41, 5.74) is 1.61. The van der Waals surface area contributed by atoms with Crippen molar-refractivity contribution in [1.29, 1.82) is 0 Å². The van der Waals surface area contributed by atoms with Crippen LogP contribution >= 0.6 is 11.8 Å². The maximum atomic E-state index is 3.24. The van der Waals surface area contributed by atoms with Gasteiger partial charge in [-0.05, 0) is 31.0 Å². The Labute approximate surface area is 91.3 Å². The van der Waals surface area contributed by atoms with Gasteiger partial charge in [-0.25, -0.2) is 0 Å². The van der Waals surface area contributed by atoms with Crippen molar-refractivity contribution in [3.8, 4) is 0 Å². The minimum Gasteiger partial charge on any atom is -0.319 e. The van der Waals surface area contributed by atoms with Crippen LogP contribution in [0.3, 0.4) is 0 Å². The third-order valence-electron chi connectivity index (χ3n) is 2.47. The molecule has 0 aliphatic rings. The molecule has 78 valence electrons. The van der Waals surface area contributed by atoms with E-state index in [0.29, 0.717) is 0 Å². The van der Waals surface area contributed by atoms with Crippen LogP contribution in [0, 0.1) is 0 Å². The third-order valence-corrected chi connectivity index (χ3v) is 3.20. The van der Waals surface area contributed by atoms with Gasteiger partial charge in [0.2, 0.25) is 0 Å². The van der Waals surface area contributed by atoms with Crippen molar-refractivity contribution >= 4 is 11.8 Å². The number of hydrogen-bond donors (Lipinski definition) is 1. The summed E-state index contributed by atoms with van der Waals surface area (Å²) in [6.45, 7) is 5.54. The molecule has 0 saturated heterocycles. The van der Waals surface area contributed by atoms with E-state index in [-0.39, 0.29) is 5.41 Å². The van der Waals surface area contributed by atoms with Crippen LogP contribution in [0.5, 0.6) is 0 Å². The summed E-state index contributed by atoms with van der Waals surface area (Å²) < 4.78 is 0. The zero-order chi connectivity index (χ0) is 10.6. The normalized spacial score (nSPS) is 11.7. The summed E-state index contributed by atoms with van der Waals surface area (Å²) in [4.78, 5) is 1.34. The SMILES string of the molecule is CNCC(C)(C)c1cccc(SC)c1. The van der Waals surface area contributed by atoms with Gasteiger partial charge in [0.15, 0.2) is 0 Å². The van der Waals surface area contributed by atoms with E-state index in [1.807, 2.05) is 7.05 Å². The highest BCUT2D eigenvalue weighted by Gasteiger charge is 2.19. The van der Waals surface area contributed by atoms with Crippen molar-refractivity contribution in [2.45, 2.75) is 24.2 Å². The number of likely N-dealkylation sites (N-methyl/N-ethyl adjacent to an activating group) is 1. The minimum absolute atomic E-state index is 0.209. The second kappa shape index (κ2) is 4.85. The van der Waals surface area contributed by atoms with Gasteiger partial charge in [0.05, 0.1) is 0 Å². The second-order valence-electron chi connectivity index (χ2n) is 4.15. The number of nitrogens with one attached hydrogen (secondary N) is 1. The predicted octanol–water partition coefficient (Wildman–Crippen LogP) is 2.91. The lowest BCUT2D eigenvalue weighted by molar-refractivity contribution is 0.493. The molecule has 0 amide bonds. The Morgan fingerprint density at radius 1 is 1.36 bits per heavy atom. The largest absolute Gasteiger partial charge is 0.319 e. The van der Waals surface area contributed by atoms with Gasteiger partial charge in [0, 0.05) is 16.9 Å². The number of rotatable bonds is 4. The van der Waals surface area contributed by atoms with Gasteiger partial charge in [0.1, 0.15) is 0 Å². The predicted molar refractivity (Wildman–Crippen MR) is 65.2 cm³/mol. The molecule has 0 aliphatic heterocycles. The lowest BCUT2D eigenvalue weighted by Gasteiger charge is -2.25. The Balaban J connectivity index is 2.93. The molecule has 0 aliphatic carbocycles. The molecule has 0 atom stereocenters. The highest BCUT2D eigenvalue weighted by atomic mass is 32.2. The molecule has 0 heterocycles. The first-order chi connectivity index (χ1) is 6.60. The summed E-state index contributed by atoms with van der Waals surface area (Å²) in [5, 5.41) is 3.24. The van der Waals surface area contributed by atoms with Crippen molar-refractivity contribution in [3.05, 3.63) is 29.8 Å². The molecule has 0 fully saturated rings. The molecule has 1 N–H and O–H groups in total. The molecule has 1 aromatic rings. The molecule has 2 heteroatoms. The van der Waals surface area contributed by atoms with Crippen LogP contribution in [0.25, 0.3) is 0 Å². The molecular weight excluding hydrogens is 190 g/mol. The molecule has 1 rings (SSSR count). The van der Waals surface area contributed by atoms with E-state index < -0.39 is 0 Å². The Kier molecular flexibility index (Phi) is 4.02. The fourth-order valence-electron chi connectivity index (χ4n) is 1.59. The smallest absolute Gasteiger partial charge is 0.00720 e. The standard InChI is InChI=1S/C12H19NS/c1-12(2,9-13-3)10-6-5-7-11(8-10)14-4/h5-8,13H,9H2,1-4H3. The van der Waals surface area contributed by atoms with Crippen LogP contribution in [0.2, 0.25) is 0 Å². The molecule has 1 aromatic carbocycles. The van der Waals surface area contributed by atoms with E-state index in [1.165, 1.54) is 10.5 Å². The van der Waals surface area contributed by atoms with Gasteiger partial charge in [-0.1, -0.05) is 26.0 Å². The lowest BCUT2D eigenvalue weighted by atomic mass is 9.85. The average molecular weight is 209 g/mol. The van der Waals surface area contributed by atoms with Crippen molar-refractivity contribution in [3.63, 3.8) is 0 Å². The number of hydrogen-bond acceptors (Lipinski definition) is 2. The minimum atomic E-state index is 0.209. The fraction of sp³-hybridized carbons (Fsp3) is 0.500. The van der Waals surface area contributed by atoms with Gasteiger partial charge < -0.3 is 5.32 Å². The zero-order valence-electron chi connectivity index (χ0n) is 9.42. The van der Waals surface area contributed by atoms with Crippen molar-refractivity contribution < 1.29 is 0 Å². The Morgan fingerprint density at radius 2 is 2.07 bits per heavy atom. The van der Waals surface area contributed by atoms with Gasteiger partial charge in [0.25, 0.3) is 0 Å². The summed E-state index contributed by atoms with van der Waals surface area (Å²) >= 11 is 1.80. The maximum absolute atomic E-state index is 3.24. The summed E-state index contributed by atoms with van der Waals surface area (Å²) in [6.07, 6.45) is 2.12. The van der Waals surface area contributed by atoms with Crippen LogP contribution < -0.4 is 5.32 Å². The van der Waals surface area contributed by atoms with Crippen LogP contribution in [0.4, 0.5) is 0 Å². The highest BCUT2D eigenvalue weighted by Crippen LogP contribution is 2.25. The first kappa shape index (κ1) is 11.6. The topological polar surface area (TPSA) is 12.0 Å². The molecule has 0 unspecified atom stereocenters. The van der Waals surface area contributed by atoms with E-state index in [2.05, 4.69) is 49.7 Å². The van der Waals surface area contributed by atoms with Gasteiger partial charge >= 0.3 is 0 Å². The van der Waals surface area contributed by atoms with E-state index in [4.69, 9.17) is 0 Å².